The number of likely N-dealkylation sites (tertiary alicyclic amines) is 1. The second-order valence-corrected chi connectivity index (χ2v) is 11.0. The van der Waals surface area contributed by atoms with E-state index in [0.29, 0.717) is 25.9 Å². The minimum Gasteiger partial charge on any atom is -0.481 e. The molecule has 2 atom stereocenters. The van der Waals surface area contributed by atoms with Gasteiger partial charge in [-0.25, -0.2) is 4.79 Å². The third kappa shape index (κ3) is 5.46. The van der Waals surface area contributed by atoms with Crippen molar-refractivity contribution in [2.24, 2.45) is 11.8 Å². The van der Waals surface area contributed by atoms with Gasteiger partial charge in [-0.05, 0) is 78.3 Å². The van der Waals surface area contributed by atoms with Gasteiger partial charge in [0.1, 0.15) is 5.60 Å². The zero-order chi connectivity index (χ0) is 23.9. The lowest BCUT2D eigenvalue weighted by atomic mass is 9.77. The van der Waals surface area contributed by atoms with E-state index in [1.54, 1.807) is 4.90 Å². The molecule has 8 heteroatoms. The normalized spacial score (nSPS) is 23.3. The number of carbonyl (C=O) groups excluding carboxylic acids is 1. The largest absolute Gasteiger partial charge is 0.494 e. The van der Waals surface area contributed by atoms with Gasteiger partial charge in [-0.2, -0.15) is 0 Å². The van der Waals surface area contributed by atoms with Gasteiger partial charge in [0.05, 0.1) is 17.1 Å². The van der Waals surface area contributed by atoms with Gasteiger partial charge < -0.3 is 24.1 Å². The van der Waals surface area contributed by atoms with E-state index < -0.39 is 35.8 Å². The Morgan fingerprint density at radius 1 is 1.22 bits per heavy atom. The molecule has 0 bridgehead atoms. The fraction of sp³-hybridized carbons (Fsp3) is 0.667. The van der Waals surface area contributed by atoms with Crippen LogP contribution in [-0.2, 0) is 25.3 Å². The van der Waals surface area contributed by atoms with Crippen LogP contribution in [0.25, 0.3) is 0 Å². The van der Waals surface area contributed by atoms with Crippen LogP contribution in [-0.4, -0.2) is 59.1 Å². The Morgan fingerprint density at radius 2 is 1.84 bits per heavy atom. The molecule has 2 aliphatic heterocycles. The molecule has 1 aromatic carbocycles. The van der Waals surface area contributed by atoms with Crippen LogP contribution >= 0.6 is 0 Å². The summed E-state index contributed by atoms with van der Waals surface area (Å²) >= 11 is 0. The Labute approximate surface area is 191 Å². The Bertz CT molecular complexity index is 846. The van der Waals surface area contributed by atoms with Crippen molar-refractivity contribution in [3.63, 3.8) is 0 Å². The van der Waals surface area contributed by atoms with Gasteiger partial charge in [0, 0.05) is 13.1 Å². The van der Waals surface area contributed by atoms with Gasteiger partial charge >= 0.3 is 19.2 Å². The average molecular weight is 445 g/mol. The molecule has 2 fully saturated rings. The van der Waals surface area contributed by atoms with Crippen molar-refractivity contribution in [2.75, 3.05) is 13.1 Å². The molecular formula is C24H36BNO6. The van der Waals surface area contributed by atoms with Gasteiger partial charge in [0.15, 0.2) is 0 Å². The van der Waals surface area contributed by atoms with Crippen molar-refractivity contribution in [3.8, 4) is 0 Å². The van der Waals surface area contributed by atoms with Gasteiger partial charge in [-0.15, -0.1) is 0 Å². The zero-order valence-electron chi connectivity index (χ0n) is 20.3. The molecule has 1 aromatic rings. The average Bonchev–Trinajstić information content (AvgIpc) is 3.21. The maximum absolute atomic E-state index is 12.4. The number of amides is 1. The number of rotatable bonds is 5. The second kappa shape index (κ2) is 8.71. The Kier molecular flexibility index (Phi) is 6.69. The molecule has 2 aliphatic rings. The van der Waals surface area contributed by atoms with E-state index >= 15 is 0 Å². The number of ether oxygens (including phenoxy) is 1. The van der Waals surface area contributed by atoms with Gasteiger partial charge in [-0.1, -0.05) is 24.3 Å². The summed E-state index contributed by atoms with van der Waals surface area (Å²) in [7, 11) is -0.489. The van der Waals surface area contributed by atoms with Crippen molar-refractivity contribution >= 4 is 24.6 Å². The summed E-state index contributed by atoms with van der Waals surface area (Å²) in [6.07, 6.45) is 0.648. The van der Waals surface area contributed by atoms with E-state index in [1.807, 2.05) is 72.7 Å². The van der Waals surface area contributed by atoms with Crippen molar-refractivity contribution in [2.45, 2.75) is 78.1 Å². The molecule has 0 spiro atoms. The molecular weight excluding hydrogens is 409 g/mol. The first kappa shape index (κ1) is 24.6. The van der Waals surface area contributed by atoms with Crippen molar-refractivity contribution in [3.05, 3.63) is 29.8 Å². The molecule has 0 radical (unpaired) electrons. The number of carbonyl (C=O) groups is 2. The molecule has 0 unspecified atom stereocenters. The van der Waals surface area contributed by atoms with Crippen LogP contribution in [0.3, 0.4) is 0 Å². The molecule has 2 saturated heterocycles. The lowest BCUT2D eigenvalue weighted by Gasteiger charge is -2.32. The molecule has 7 nitrogen and oxygen atoms in total. The lowest BCUT2D eigenvalue weighted by molar-refractivity contribution is -0.143. The van der Waals surface area contributed by atoms with E-state index in [2.05, 4.69) is 0 Å². The number of carboxylic acids is 1. The maximum atomic E-state index is 12.4. The third-order valence-corrected chi connectivity index (χ3v) is 6.69. The number of hydrogen-bond acceptors (Lipinski definition) is 5. The van der Waals surface area contributed by atoms with Crippen LogP contribution in [0.4, 0.5) is 4.79 Å². The SMILES string of the molecule is CC(C)(C)OC(=O)N1CC[C@@H]([C@@H](Cc2cccc(B3OC(C)(C)C(C)(C)O3)c2)C(=O)O)C1. The molecule has 176 valence electrons. The molecule has 32 heavy (non-hydrogen) atoms. The highest BCUT2D eigenvalue weighted by molar-refractivity contribution is 6.62. The van der Waals surface area contributed by atoms with Crippen LogP contribution in [0.1, 0.15) is 60.5 Å². The van der Waals surface area contributed by atoms with Gasteiger partial charge in [0.25, 0.3) is 0 Å². The molecule has 0 aromatic heterocycles. The van der Waals surface area contributed by atoms with Gasteiger partial charge in [0.2, 0.25) is 0 Å². The predicted octanol–water partition coefficient (Wildman–Crippen LogP) is 3.49. The van der Waals surface area contributed by atoms with Gasteiger partial charge in [-0.3, -0.25) is 4.79 Å². The predicted molar refractivity (Wildman–Crippen MR) is 123 cm³/mol. The van der Waals surface area contributed by atoms with E-state index in [9.17, 15) is 14.7 Å². The third-order valence-electron chi connectivity index (χ3n) is 6.69. The zero-order valence-corrected chi connectivity index (χ0v) is 20.3. The maximum Gasteiger partial charge on any atom is 0.494 e. The first-order valence-corrected chi connectivity index (χ1v) is 11.3. The minimum absolute atomic E-state index is 0.125. The fourth-order valence-corrected chi connectivity index (χ4v) is 4.16. The summed E-state index contributed by atoms with van der Waals surface area (Å²) in [5, 5.41) is 9.94. The summed E-state index contributed by atoms with van der Waals surface area (Å²) in [5.74, 6) is -1.56. The highest BCUT2D eigenvalue weighted by Crippen LogP contribution is 2.36. The summed E-state index contributed by atoms with van der Waals surface area (Å²) < 4.78 is 17.7. The summed E-state index contributed by atoms with van der Waals surface area (Å²) in [6.45, 7) is 14.4. The molecule has 2 heterocycles. The molecule has 1 N–H and O–H groups in total. The Hall–Kier alpha value is -2.06. The van der Waals surface area contributed by atoms with Crippen LogP contribution in [0.2, 0.25) is 0 Å². The first-order chi connectivity index (χ1) is 14.7. The summed E-state index contributed by atoms with van der Waals surface area (Å²) in [6, 6.07) is 7.77. The second-order valence-electron chi connectivity index (χ2n) is 11.0. The summed E-state index contributed by atoms with van der Waals surface area (Å²) in [4.78, 5) is 26.1. The van der Waals surface area contributed by atoms with E-state index in [0.717, 1.165) is 11.0 Å². The van der Waals surface area contributed by atoms with Crippen LogP contribution in [0.15, 0.2) is 24.3 Å². The van der Waals surface area contributed by atoms with Crippen molar-refractivity contribution < 1.29 is 28.7 Å². The van der Waals surface area contributed by atoms with Crippen molar-refractivity contribution in [1.29, 1.82) is 0 Å². The monoisotopic (exact) mass is 445 g/mol. The van der Waals surface area contributed by atoms with Crippen LogP contribution in [0, 0.1) is 11.8 Å². The van der Waals surface area contributed by atoms with Crippen molar-refractivity contribution in [1.82, 2.24) is 4.90 Å². The number of aliphatic carboxylic acids is 1. The molecule has 0 saturated carbocycles. The van der Waals surface area contributed by atoms with Crippen LogP contribution < -0.4 is 5.46 Å². The number of carboxylic acid groups (broad SMARTS) is 1. The number of nitrogens with zero attached hydrogens (tertiary/aromatic N) is 1. The fourth-order valence-electron chi connectivity index (χ4n) is 4.16. The molecule has 3 rings (SSSR count). The van der Waals surface area contributed by atoms with E-state index in [4.69, 9.17) is 14.0 Å². The smallest absolute Gasteiger partial charge is 0.481 e. The highest BCUT2D eigenvalue weighted by Gasteiger charge is 2.51. The quantitative estimate of drug-likeness (QED) is 0.699. The van der Waals surface area contributed by atoms with Crippen LogP contribution in [0.5, 0.6) is 0 Å². The highest BCUT2D eigenvalue weighted by atomic mass is 16.7. The molecule has 0 aliphatic carbocycles. The Balaban J connectivity index is 1.69. The number of benzene rings is 1. The Morgan fingerprint density at radius 3 is 2.41 bits per heavy atom. The molecule has 1 amide bonds. The lowest BCUT2D eigenvalue weighted by Crippen LogP contribution is -2.41. The summed E-state index contributed by atoms with van der Waals surface area (Å²) in [5.41, 5.74) is 0.348. The van der Waals surface area contributed by atoms with E-state index in [1.165, 1.54) is 0 Å². The standard InChI is InChI=1S/C24H36BNO6/c1-22(2,3)30-21(29)26-12-11-17(15-26)19(20(27)28)14-16-9-8-10-18(13-16)25-31-23(4,5)24(6,7)32-25/h8-10,13,17,19H,11-12,14-15H2,1-7H3,(H,27,28)/t17-,19-/m1/s1. The van der Waals surface area contributed by atoms with E-state index in [-0.39, 0.29) is 12.0 Å². The topological polar surface area (TPSA) is 85.3 Å². The number of hydrogen-bond donors (Lipinski definition) is 1. The first-order valence-electron chi connectivity index (χ1n) is 11.3. The minimum atomic E-state index is -0.845.